The maximum Gasteiger partial charge on any atom is 0.237 e. The zero-order chi connectivity index (χ0) is 10.2. The van der Waals surface area contributed by atoms with E-state index in [2.05, 4.69) is 0 Å². The molecule has 3 nitrogen and oxygen atoms in total. The third kappa shape index (κ3) is 1.43. The summed E-state index contributed by atoms with van der Waals surface area (Å²) in [6.07, 6.45) is 3.39. The van der Waals surface area contributed by atoms with Gasteiger partial charge in [0.25, 0.3) is 0 Å². The van der Waals surface area contributed by atoms with E-state index in [9.17, 15) is 9.90 Å². The van der Waals surface area contributed by atoms with Gasteiger partial charge in [-0.1, -0.05) is 6.42 Å². The van der Waals surface area contributed by atoms with Gasteiger partial charge in [0.15, 0.2) is 0 Å². The van der Waals surface area contributed by atoms with Gasteiger partial charge in [0.05, 0.1) is 6.61 Å². The summed E-state index contributed by atoms with van der Waals surface area (Å²) in [6, 6.07) is 0. The zero-order valence-electron chi connectivity index (χ0n) is 8.21. The molecule has 0 spiro atoms. The van der Waals surface area contributed by atoms with Crippen LogP contribution in [0.5, 0.6) is 0 Å². The lowest BCUT2D eigenvalue weighted by molar-refractivity contribution is -0.128. The highest BCUT2D eigenvalue weighted by atomic mass is 35.5. The Morgan fingerprint density at radius 1 is 1.64 bits per heavy atom. The number of hydrogen-bond donors (Lipinski definition) is 1. The molecule has 2 aliphatic rings. The number of nitrogens with zero attached hydrogens (tertiary/aromatic N) is 1. The molecule has 2 rings (SSSR count). The van der Waals surface area contributed by atoms with Gasteiger partial charge in [-0.15, -0.1) is 11.6 Å². The van der Waals surface area contributed by atoms with Crippen LogP contribution in [0.1, 0.15) is 19.3 Å². The van der Waals surface area contributed by atoms with E-state index in [1.54, 1.807) is 0 Å². The Hall–Kier alpha value is -0.280. The molecule has 0 bridgehead atoms. The summed E-state index contributed by atoms with van der Waals surface area (Å²) < 4.78 is 0. The van der Waals surface area contributed by atoms with Crippen LogP contribution in [0.2, 0.25) is 0 Å². The molecule has 1 saturated carbocycles. The molecule has 1 saturated heterocycles. The van der Waals surface area contributed by atoms with Gasteiger partial charge in [0.2, 0.25) is 5.91 Å². The van der Waals surface area contributed by atoms with Crippen molar-refractivity contribution in [3.05, 3.63) is 0 Å². The number of likely N-dealkylation sites (tertiary alicyclic amines) is 1. The van der Waals surface area contributed by atoms with Crippen LogP contribution in [0.15, 0.2) is 0 Å². The van der Waals surface area contributed by atoms with Gasteiger partial charge in [-0.3, -0.25) is 4.79 Å². The zero-order valence-corrected chi connectivity index (χ0v) is 8.96. The van der Waals surface area contributed by atoms with Crippen molar-refractivity contribution in [1.82, 2.24) is 4.90 Å². The summed E-state index contributed by atoms with van der Waals surface area (Å²) in [6.45, 7) is 1.72. The van der Waals surface area contributed by atoms with E-state index in [4.69, 9.17) is 11.6 Å². The maximum absolute atomic E-state index is 11.4. The highest BCUT2D eigenvalue weighted by Crippen LogP contribution is 2.48. The first-order valence-corrected chi connectivity index (χ1v) is 5.70. The molecule has 14 heavy (non-hydrogen) atoms. The Balaban J connectivity index is 2.08. The van der Waals surface area contributed by atoms with Gasteiger partial charge >= 0.3 is 0 Å². The van der Waals surface area contributed by atoms with Crippen LogP contribution in [0.25, 0.3) is 0 Å². The SMILES string of the molecule is O=C(CCl)N1C[C@@H]2CCC[C@]2(CO)C1. The fourth-order valence-electron chi connectivity index (χ4n) is 2.95. The second-order valence-electron chi connectivity index (χ2n) is 4.52. The Bertz CT molecular complexity index is 246. The molecule has 1 amide bonds. The van der Waals surface area contributed by atoms with Crippen LogP contribution in [-0.4, -0.2) is 41.5 Å². The van der Waals surface area contributed by atoms with E-state index in [1.807, 2.05) is 4.90 Å². The predicted molar refractivity (Wildman–Crippen MR) is 54.2 cm³/mol. The lowest BCUT2D eigenvalue weighted by Gasteiger charge is -2.25. The van der Waals surface area contributed by atoms with E-state index < -0.39 is 0 Å². The minimum absolute atomic E-state index is 0.00171. The number of carbonyl (C=O) groups excluding carboxylic acids is 1. The second-order valence-corrected chi connectivity index (χ2v) is 4.78. The quantitative estimate of drug-likeness (QED) is 0.697. The molecule has 2 fully saturated rings. The molecular formula is C10H16ClNO2. The average Bonchev–Trinajstić information content (AvgIpc) is 2.72. The predicted octanol–water partition coefficient (Wildman–Crippen LogP) is 0.846. The first kappa shape index (κ1) is 10.2. The molecular weight excluding hydrogens is 202 g/mol. The van der Waals surface area contributed by atoms with Crippen LogP contribution in [0.4, 0.5) is 0 Å². The number of aliphatic hydroxyl groups is 1. The highest BCUT2D eigenvalue weighted by molar-refractivity contribution is 6.27. The van der Waals surface area contributed by atoms with Crippen LogP contribution < -0.4 is 0 Å². The largest absolute Gasteiger partial charge is 0.396 e. The number of halogens is 1. The van der Waals surface area contributed by atoms with Crippen LogP contribution >= 0.6 is 11.6 Å². The molecule has 0 aromatic carbocycles. The highest BCUT2D eigenvalue weighted by Gasteiger charge is 2.49. The molecule has 0 aromatic heterocycles. The van der Waals surface area contributed by atoms with Gasteiger partial charge in [0.1, 0.15) is 5.88 Å². The van der Waals surface area contributed by atoms with E-state index in [-0.39, 0.29) is 23.8 Å². The van der Waals surface area contributed by atoms with Gasteiger partial charge in [-0.05, 0) is 18.8 Å². The fourth-order valence-corrected chi connectivity index (χ4v) is 3.12. The van der Waals surface area contributed by atoms with Gasteiger partial charge < -0.3 is 10.0 Å². The smallest absolute Gasteiger partial charge is 0.237 e. The van der Waals surface area contributed by atoms with E-state index in [0.717, 1.165) is 19.4 Å². The van der Waals surface area contributed by atoms with Crippen LogP contribution in [-0.2, 0) is 4.79 Å². The lowest BCUT2D eigenvalue weighted by Crippen LogP contribution is -2.34. The molecule has 0 radical (unpaired) electrons. The van der Waals surface area contributed by atoms with Gasteiger partial charge in [-0.25, -0.2) is 0 Å². The molecule has 1 aliphatic carbocycles. The molecule has 4 heteroatoms. The number of carbonyl (C=O) groups is 1. The summed E-state index contributed by atoms with van der Waals surface area (Å²) in [5.41, 5.74) is 0.00171. The molecule has 1 heterocycles. The molecule has 1 N–H and O–H groups in total. The van der Waals surface area contributed by atoms with Crippen LogP contribution in [0, 0.1) is 11.3 Å². The van der Waals surface area contributed by atoms with Crippen molar-refractivity contribution in [3.63, 3.8) is 0 Å². The Kier molecular flexibility index (Phi) is 2.71. The standard InChI is InChI=1S/C10H16ClNO2/c11-4-9(14)12-5-8-2-1-3-10(8,6-12)7-13/h8,13H,1-7H2/t8-,10+/m0/s1. The number of aliphatic hydroxyl groups excluding tert-OH is 1. The van der Waals surface area contributed by atoms with Gasteiger partial charge in [-0.2, -0.15) is 0 Å². The third-order valence-electron chi connectivity index (χ3n) is 3.82. The summed E-state index contributed by atoms with van der Waals surface area (Å²) in [5.74, 6) is 0.572. The van der Waals surface area contributed by atoms with Crippen molar-refractivity contribution in [2.45, 2.75) is 19.3 Å². The van der Waals surface area contributed by atoms with Crippen molar-refractivity contribution in [2.24, 2.45) is 11.3 Å². The van der Waals surface area contributed by atoms with Crippen molar-refractivity contribution in [3.8, 4) is 0 Å². The van der Waals surface area contributed by atoms with Crippen LogP contribution in [0.3, 0.4) is 0 Å². The normalized spacial score (nSPS) is 36.1. The molecule has 0 unspecified atom stereocenters. The van der Waals surface area contributed by atoms with Gasteiger partial charge in [0, 0.05) is 18.5 Å². The van der Waals surface area contributed by atoms with Crippen molar-refractivity contribution in [1.29, 1.82) is 0 Å². The number of alkyl halides is 1. The van der Waals surface area contributed by atoms with Crippen molar-refractivity contribution in [2.75, 3.05) is 25.6 Å². The summed E-state index contributed by atoms with van der Waals surface area (Å²) in [7, 11) is 0. The Labute approximate surface area is 89.0 Å². The molecule has 1 aliphatic heterocycles. The monoisotopic (exact) mass is 217 g/mol. The van der Waals surface area contributed by atoms with Crippen molar-refractivity contribution < 1.29 is 9.90 Å². The first-order valence-electron chi connectivity index (χ1n) is 5.16. The molecule has 0 aromatic rings. The lowest BCUT2D eigenvalue weighted by atomic mass is 9.82. The number of hydrogen-bond acceptors (Lipinski definition) is 2. The minimum atomic E-state index is 0.00171. The molecule has 80 valence electrons. The van der Waals surface area contributed by atoms with E-state index in [1.165, 1.54) is 6.42 Å². The molecule has 2 atom stereocenters. The third-order valence-corrected chi connectivity index (χ3v) is 4.05. The summed E-state index contributed by atoms with van der Waals surface area (Å²) in [5, 5.41) is 9.43. The topological polar surface area (TPSA) is 40.5 Å². The average molecular weight is 218 g/mol. The Morgan fingerprint density at radius 3 is 3.00 bits per heavy atom. The number of fused-ring (bicyclic) bond motifs is 1. The summed E-state index contributed by atoms with van der Waals surface area (Å²) >= 11 is 5.52. The second kappa shape index (κ2) is 3.70. The van der Waals surface area contributed by atoms with Crippen molar-refractivity contribution >= 4 is 17.5 Å². The minimum Gasteiger partial charge on any atom is -0.396 e. The number of rotatable bonds is 2. The fraction of sp³-hybridized carbons (Fsp3) is 0.900. The Morgan fingerprint density at radius 2 is 2.43 bits per heavy atom. The summed E-state index contributed by atoms with van der Waals surface area (Å²) in [4.78, 5) is 13.2. The maximum atomic E-state index is 11.4. The van der Waals surface area contributed by atoms with E-state index in [0.29, 0.717) is 12.5 Å². The van der Waals surface area contributed by atoms with E-state index >= 15 is 0 Å². The number of amides is 1. The first-order chi connectivity index (χ1) is 6.72.